The molecule has 0 bridgehead atoms. The average Bonchev–Trinajstić information content (AvgIpc) is 2.68. The van der Waals surface area contributed by atoms with E-state index < -0.39 is 11.7 Å². The highest BCUT2D eigenvalue weighted by molar-refractivity contribution is 5.78. The maximum atomic E-state index is 12.3. The van der Waals surface area contributed by atoms with Gasteiger partial charge >= 0.3 is 6.09 Å². The largest absolute Gasteiger partial charge is 0.484 e. The number of hydrogen-bond acceptors (Lipinski definition) is 5. The molecule has 3 amide bonds. The minimum Gasteiger partial charge on any atom is -0.484 e. The van der Waals surface area contributed by atoms with Gasteiger partial charge in [-0.2, -0.15) is 0 Å². The van der Waals surface area contributed by atoms with Crippen LogP contribution >= 0.6 is 0 Å². The Morgan fingerprint density at radius 1 is 1.10 bits per heavy atom. The number of carbonyl (C=O) groups is 3. The van der Waals surface area contributed by atoms with Crippen molar-refractivity contribution in [2.24, 2.45) is 0 Å². The van der Waals surface area contributed by atoms with E-state index in [1.54, 1.807) is 25.7 Å². The standard InChI is InChI=1S/C23H35N3O5/c1-16-6-7-19(14-17(16)2)30-15-20(27)25-18-9-12-26(13-10-18)21(28)8-11-24-22(29)31-23(3,4)5/h6-7,14,18H,8-13,15H2,1-5H3,(H,24,29)(H,25,27). The van der Waals surface area contributed by atoms with E-state index in [4.69, 9.17) is 9.47 Å². The highest BCUT2D eigenvalue weighted by atomic mass is 16.6. The van der Waals surface area contributed by atoms with Gasteiger partial charge in [-0.25, -0.2) is 4.79 Å². The van der Waals surface area contributed by atoms with Crippen molar-refractivity contribution in [2.75, 3.05) is 26.2 Å². The van der Waals surface area contributed by atoms with Crippen LogP contribution in [0.15, 0.2) is 18.2 Å². The van der Waals surface area contributed by atoms with E-state index in [-0.39, 0.29) is 37.4 Å². The zero-order valence-electron chi connectivity index (χ0n) is 19.2. The zero-order valence-corrected chi connectivity index (χ0v) is 19.2. The van der Waals surface area contributed by atoms with Crippen LogP contribution in [0, 0.1) is 13.8 Å². The van der Waals surface area contributed by atoms with Crippen LogP contribution in [-0.4, -0.2) is 60.7 Å². The van der Waals surface area contributed by atoms with Gasteiger partial charge in [0.2, 0.25) is 5.91 Å². The lowest BCUT2D eigenvalue weighted by Gasteiger charge is -2.32. The minimum absolute atomic E-state index is 0.0149. The van der Waals surface area contributed by atoms with E-state index in [0.29, 0.717) is 31.7 Å². The lowest BCUT2D eigenvalue weighted by atomic mass is 10.0. The van der Waals surface area contributed by atoms with Crippen LogP contribution in [0.2, 0.25) is 0 Å². The summed E-state index contributed by atoms with van der Waals surface area (Å²) in [6, 6.07) is 5.78. The van der Waals surface area contributed by atoms with Crippen LogP contribution in [0.3, 0.4) is 0 Å². The topological polar surface area (TPSA) is 97.0 Å². The Morgan fingerprint density at radius 3 is 2.39 bits per heavy atom. The highest BCUT2D eigenvalue weighted by Crippen LogP contribution is 2.16. The number of nitrogens with one attached hydrogen (secondary N) is 2. The van der Waals surface area contributed by atoms with Crippen LogP contribution in [-0.2, 0) is 14.3 Å². The van der Waals surface area contributed by atoms with Crippen LogP contribution < -0.4 is 15.4 Å². The molecule has 0 atom stereocenters. The molecule has 1 heterocycles. The molecule has 0 saturated carbocycles. The summed E-state index contributed by atoms with van der Waals surface area (Å²) < 4.78 is 10.7. The van der Waals surface area contributed by atoms with Gasteiger partial charge in [-0.05, 0) is 70.7 Å². The third-order valence-corrected chi connectivity index (χ3v) is 5.07. The van der Waals surface area contributed by atoms with Crippen LogP contribution in [0.25, 0.3) is 0 Å². The van der Waals surface area contributed by atoms with Crippen molar-refractivity contribution in [2.45, 2.75) is 65.5 Å². The second-order valence-electron chi connectivity index (χ2n) is 8.94. The summed E-state index contributed by atoms with van der Waals surface area (Å²) in [6.45, 7) is 10.8. The van der Waals surface area contributed by atoms with Gasteiger partial charge in [0, 0.05) is 32.1 Å². The maximum absolute atomic E-state index is 12.3. The number of aryl methyl sites for hydroxylation is 2. The third kappa shape index (κ3) is 8.86. The fraction of sp³-hybridized carbons (Fsp3) is 0.609. The van der Waals surface area contributed by atoms with Crippen molar-refractivity contribution >= 4 is 17.9 Å². The first-order valence-electron chi connectivity index (χ1n) is 10.8. The number of nitrogens with zero attached hydrogens (tertiary/aromatic N) is 1. The Hall–Kier alpha value is -2.77. The SMILES string of the molecule is Cc1ccc(OCC(=O)NC2CCN(C(=O)CCNC(=O)OC(C)(C)C)CC2)cc1C. The van der Waals surface area contributed by atoms with Crippen molar-refractivity contribution < 1.29 is 23.9 Å². The molecule has 0 radical (unpaired) electrons. The first kappa shape index (κ1) is 24.5. The molecular formula is C23H35N3O5. The van der Waals surface area contributed by atoms with Crippen molar-refractivity contribution in [3.05, 3.63) is 29.3 Å². The molecule has 1 fully saturated rings. The molecular weight excluding hydrogens is 398 g/mol. The average molecular weight is 434 g/mol. The van der Waals surface area contributed by atoms with E-state index in [1.165, 1.54) is 5.56 Å². The van der Waals surface area contributed by atoms with E-state index in [1.807, 2.05) is 32.0 Å². The number of rotatable bonds is 7. The van der Waals surface area contributed by atoms with Gasteiger partial charge in [-0.3, -0.25) is 9.59 Å². The Balaban J connectivity index is 1.63. The van der Waals surface area contributed by atoms with Gasteiger partial charge < -0.3 is 25.0 Å². The molecule has 0 aromatic heterocycles. The Morgan fingerprint density at radius 2 is 1.77 bits per heavy atom. The summed E-state index contributed by atoms with van der Waals surface area (Å²) in [6.07, 6.45) is 1.09. The minimum atomic E-state index is -0.565. The molecule has 172 valence electrons. The molecule has 0 aliphatic carbocycles. The molecule has 1 saturated heterocycles. The molecule has 31 heavy (non-hydrogen) atoms. The van der Waals surface area contributed by atoms with Crippen molar-refractivity contribution in [1.29, 1.82) is 0 Å². The second kappa shape index (κ2) is 11.0. The molecule has 1 aromatic carbocycles. The van der Waals surface area contributed by atoms with Gasteiger partial charge in [0.05, 0.1) is 0 Å². The molecule has 0 spiro atoms. The van der Waals surface area contributed by atoms with Gasteiger partial charge in [0.15, 0.2) is 6.61 Å². The fourth-order valence-electron chi connectivity index (χ4n) is 3.24. The summed E-state index contributed by atoms with van der Waals surface area (Å²) in [5.74, 6) is 0.502. The van der Waals surface area contributed by atoms with Gasteiger partial charge in [-0.1, -0.05) is 6.07 Å². The van der Waals surface area contributed by atoms with E-state index in [0.717, 1.165) is 5.56 Å². The zero-order chi connectivity index (χ0) is 23.0. The second-order valence-corrected chi connectivity index (χ2v) is 8.94. The van der Waals surface area contributed by atoms with Crippen LogP contribution in [0.1, 0.15) is 51.2 Å². The number of benzene rings is 1. The number of ether oxygens (including phenoxy) is 2. The molecule has 1 aromatic rings. The molecule has 1 aliphatic heterocycles. The lowest BCUT2D eigenvalue weighted by molar-refractivity contribution is -0.132. The van der Waals surface area contributed by atoms with E-state index >= 15 is 0 Å². The first-order chi connectivity index (χ1) is 14.5. The molecule has 8 heteroatoms. The summed E-state index contributed by atoms with van der Waals surface area (Å²) in [7, 11) is 0. The number of amides is 3. The van der Waals surface area contributed by atoms with E-state index in [2.05, 4.69) is 10.6 Å². The summed E-state index contributed by atoms with van der Waals surface area (Å²) in [4.78, 5) is 37.9. The molecule has 2 rings (SSSR count). The first-order valence-corrected chi connectivity index (χ1v) is 10.8. The van der Waals surface area contributed by atoms with E-state index in [9.17, 15) is 14.4 Å². The van der Waals surface area contributed by atoms with Gasteiger partial charge in [0.25, 0.3) is 5.91 Å². The number of hydrogen-bond donors (Lipinski definition) is 2. The predicted octanol–water partition coefficient (Wildman–Crippen LogP) is 2.70. The fourth-order valence-corrected chi connectivity index (χ4v) is 3.24. The lowest BCUT2D eigenvalue weighted by Crippen LogP contribution is -2.48. The van der Waals surface area contributed by atoms with Gasteiger partial charge in [0.1, 0.15) is 11.4 Å². The monoisotopic (exact) mass is 433 g/mol. The molecule has 8 nitrogen and oxygen atoms in total. The van der Waals surface area contributed by atoms with Crippen LogP contribution in [0.5, 0.6) is 5.75 Å². The molecule has 2 N–H and O–H groups in total. The maximum Gasteiger partial charge on any atom is 0.407 e. The Bertz CT molecular complexity index is 780. The number of alkyl carbamates (subject to hydrolysis) is 1. The van der Waals surface area contributed by atoms with Crippen molar-refractivity contribution in [1.82, 2.24) is 15.5 Å². The molecule has 0 unspecified atom stereocenters. The Kier molecular flexibility index (Phi) is 8.71. The van der Waals surface area contributed by atoms with Crippen molar-refractivity contribution in [3.63, 3.8) is 0 Å². The van der Waals surface area contributed by atoms with Crippen LogP contribution in [0.4, 0.5) is 4.79 Å². The summed E-state index contributed by atoms with van der Waals surface area (Å²) in [5, 5.41) is 5.58. The summed E-state index contributed by atoms with van der Waals surface area (Å²) in [5.41, 5.74) is 1.74. The highest BCUT2D eigenvalue weighted by Gasteiger charge is 2.24. The quantitative estimate of drug-likeness (QED) is 0.689. The Labute approximate surface area is 184 Å². The third-order valence-electron chi connectivity index (χ3n) is 5.07. The van der Waals surface area contributed by atoms with Crippen molar-refractivity contribution in [3.8, 4) is 5.75 Å². The summed E-state index contributed by atoms with van der Waals surface area (Å²) >= 11 is 0. The molecule has 1 aliphatic rings. The smallest absolute Gasteiger partial charge is 0.407 e. The predicted molar refractivity (Wildman–Crippen MR) is 118 cm³/mol. The number of carbonyl (C=O) groups excluding carboxylic acids is 3. The number of likely N-dealkylation sites (tertiary alicyclic amines) is 1. The number of piperidine rings is 1. The van der Waals surface area contributed by atoms with Gasteiger partial charge in [-0.15, -0.1) is 0 Å². The normalized spacial score (nSPS) is 14.7.